The molecule has 10 heteroatoms. The number of hydrogen-bond acceptors (Lipinski definition) is 8. The summed E-state index contributed by atoms with van der Waals surface area (Å²) in [6.45, 7) is 4.98. The predicted molar refractivity (Wildman–Crippen MR) is 85.9 cm³/mol. The zero-order valence-corrected chi connectivity index (χ0v) is 14.8. The van der Waals surface area contributed by atoms with Crippen LogP contribution in [0.4, 0.5) is 0 Å². The molecule has 0 fully saturated rings. The first-order chi connectivity index (χ1) is 11.6. The maximum Gasteiger partial charge on any atom is 0.326 e. The topological polar surface area (TPSA) is 151 Å². The second kappa shape index (κ2) is 10.6. The molecule has 0 bridgehead atoms. The summed E-state index contributed by atoms with van der Waals surface area (Å²) >= 11 is 0. The average Bonchev–Trinajstić information content (AvgIpc) is 2.54. The van der Waals surface area contributed by atoms with Gasteiger partial charge in [0.15, 0.2) is 5.41 Å². The third-order valence-electron chi connectivity index (χ3n) is 3.49. The zero-order chi connectivity index (χ0) is 19.6. The van der Waals surface area contributed by atoms with Crippen LogP contribution < -0.4 is 10.6 Å². The summed E-state index contributed by atoms with van der Waals surface area (Å²) < 4.78 is 9.89. The van der Waals surface area contributed by atoms with E-state index in [0.29, 0.717) is 0 Å². The maximum absolute atomic E-state index is 12.4. The second-order valence-corrected chi connectivity index (χ2v) is 5.40. The van der Waals surface area contributed by atoms with E-state index in [-0.39, 0.29) is 13.2 Å². The van der Waals surface area contributed by atoms with Gasteiger partial charge in [-0.15, -0.1) is 0 Å². The van der Waals surface area contributed by atoms with Crippen molar-refractivity contribution in [3.63, 3.8) is 0 Å². The van der Waals surface area contributed by atoms with Gasteiger partial charge in [0.1, 0.15) is 12.1 Å². The molecule has 25 heavy (non-hydrogen) atoms. The summed E-state index contributed by atoms with van der Waals surface area (Å²) in [5, 5.41) is 23.1. The lowest BCUT2D eigenvalue weighted by Gasteiger charge is -2.31. The van der Waals surface area contributed by atoms with Gasteiger partial charge < -0.3 is 30.3 Å². The second-order valence-electron chi connectivity index (χ2n) is 5.40. The fraction of sp³-hybridized carbons (Fsp3) is 0.733. The largest absolute Gasteiger partial charge is 0.480 e. The van der Waals surface area contributed by atoms with Gasteiger partial charge in [-0.3, -0.25) is 19.2 Å². The van der Waals surface area contributed by atoms with Gasteiger partial charge in [-0.05, 0) is 27.7 Å². The van der Waals surface area contributed by atoms with Crippen LogP contribution in [-0.4, -0.2) is 72.5 Å². The Balaban J connectivity index is 5.61. The molecule has 0 amide bonds. The maximum atomic E-state index is 12.4. The summed E-state index contributed by atoms with van der Waals surface area (Å²) in [6, 6.07) is -2.08. The summed E-state index contributed by atoms with van der Waals surface area (Å²) in [5.41, 5.74) is -1.92. The average molecular weight is 362 g/mol. The van der Waals surface area contributed by atoms with Crippen LogP contribution in [0.2, 0.25) is 0 Å². The summed E-state index contributed by atoms with van der Waals surface area (Å²) in [6.07, 6.45) is 0. The molecule has 0 spiro atoms. The Morgan fingerprint density at radius 1 is 0.840 bits per heavy atom. The number of rotatable bonds is 12. The molecule has 0 aliphatic carbocycles. The molecular formula is C15H26N2O8. The third-order valence-corrected chi connectivity index (χ3v) is 3.49. The molecule has 0 aromatic heterocycles. The van der Waals surface area contributed by atoms with Gasteiger partial charge in [0.25, 0.3) is 0 Å². The van der Waals surface area contributed by atoms with Gasteiger partial charge in [0.05, 0.1) is 13.2 Å². The number of carboxylic acids is 2. The van der Waals surface area contributed by atoms with Crippen molar-refractivity contribution in [1.82, 2.24) is 10.6 Å². The van der Waals surface area contributed by atoms with Crippen LogP contribution >= 0.6 is 0 Å². The molecule has 0 aromatic carbocycles. The Bertz CT molecular complexity index is 450. The molecule has 2 atom stereocenters. The molecule has 0 aromatic rings. The van der Waals surface area contributed by atoms with Crippen molar-refractivity contribution in [2.24, 2.45) is 5.41 Å². The molecule has 0 heterocycles. The van der Waals surface area contributed by atoms with Crippen molar-refractivity contribution in [2.45, 2.75) is 39.8 Å². The Morgan fingerprint density at radius 3 is 1.40 bits per heavy atom. The van der Waals surface area contributed by atoms with Gasteiger partial charge in [0, 0.05) is 13.1 Å². The van der Waals surface area contributed by atoms with E-state index in [9.17, 15) is 19.2 Å². The van der Waals surface area contributed by atoms with E-state index in [1.54, 1.807) is 13.8 Å². The number of aliphatic carboxylic acids is 2. The molecule has 10 nitrogen and oxygen atoms in total. The van der Waals surface area contributed by atoms with Crippen molar-refractivity contribution in [3.8, 4) is 0 Å². The lowest BCUT2D eigenvalue weighted by Crippen LogP contribution is -2.58. The van der Waals surface area contributed by atoms with Gasteiger partial charge in [-0.2, -0.15) is 0 Å². The van der Waals surface area contributed by atoms with Crippen LogP contribution in [0.5, 0.6) is 0 Å². The molecule has 0 saturated heterocycles. The van der Waals surface area contributed by atoms with E-state index in [4.69, 9.17) is 19.7 Å². The van der Waals surface area contributed by atoms with Gasteiger partial charge in [0.2, 0.25) is 0 Å². The Morgan fingerprint density at radius 2 is 1.16 bits per heavy atom. The molecule has 4 N–H and O–H groups in total. The van der Waals surface area contributed by atoms with E-state index in [1.807, 2.05) is 0 Å². The number of hydrogen-bond donors (Lipinski definition) is 4. The van der Waals surface area contributed by atoms with Crippen molar-refractivity contribution >= 4 is 23.9 Å². The van der Waals surface area contributed by atoms with Crippen molar-refractivity contribution in [1.29, 1.82) is 0 Å². The summed E-state index contributed by atoms with van der Waals surface area (Å²) in [4.78, 5) is 46.8. The molecule has 0 aliphatic rings. The van der Waals surface area contributed by atoms with Crippen LogP contribution in [0.1, 0.15) is 27.7 Å². The minimum Gasteiger partial charge on any atom is -0.480 e. The van der Waals surface area contributed by atoms with E-state index in [2.05, 4.69) is 10.6 Å². The summed E-state index contributed by atoms with van der Waals surface area (Å²) in [7, 11) is 0. The number of carboxylic acid groups (broad SMARTS) is 2. The predicted octanol–water partition coefficient (Wildman–Crippen LogP) is -0.776. The van der Waals surface area contributed by atoms with E-state index < -0.39 is 54.5 Å². The minimum atomic E-state index is -1.92. The van der Waals surface area contributed by atoms with Crippen LogP contribution in [0.15, 0.2) is 0 Å². The van der Waals surface area contributed by atoms with Crippen LogP contribution in [0, 0.1) is 5.41 Å². The standard InChI is InChI=1S/C15H26N2O8/c1-5-24-13(22)15(14(23)25-6-2,7-16-9(3)11(18)19)8-17-10(4)12(20)21/h9-10,16-17H,5-8H2,1-4H3,(H,18,19)(H,20,21). The van der Waals surface area contributed by atoms with Gasteiger partial charge >= 0.3 is 23.9 Å². The number of carbonyl (C=O) groups is 4. The molecule has 0 aliphatic heterocycles. The first-order valence-corrected chi connectivity index (χ1v) is 7.89. The Labute approximate surface area is 145 Å². The lowest BCUT2D eigenvalue weighted by atomic mass is 9.87. The molecular weight excluding hydrogens is 336 g/mol. The molecule has 0 rings (SSSR count). The smallest absolute Gasteiger partial charge is 0.326 e. The number of ether oxygens (including phenoxy) is 2. The number of nitrogens with one attached hydrogen (secondary N) is 2. The first-order valence-electron chi connectivity index (χ1n) is 7.89. The number of esters is 2. The van der Waals surface area contributed by atoms with Crippen molar-refractivity contribution in [3.05, 3.63) is 0 Å². The monoisotopic (exact) mass is 362 g/mol. The number of carbonyl (C=O) groups excluding carboxylic acids is 2. The minimum absolute atomic E-state index is 0.0110. The molecule has 2 unspecified atom stereocenters. The fourth-order valence-corrected chi connectivity index (χ4v) is 1.80. The van der Waals surface area contributed by atoms with E-state index >= 15 is 0 Å². The van der Waals surface area contributed by atoms with Crippen molar-refractivity contribution in [2.75, 3.05) is 26.3 Å². The quantitative estimate of drug-likeness (QED) is 0.257. The molecule has 144 valence electrons. The molecule has 0 radical (unpaired) electrons. The van der Waals surface area contributed by atoms with Crippen LogP contribution in [-0.2, 0) is 28.7 Å². The van der Waals surface area contributed by atoms with E-state index in [1.165, 1.54) is 13.8 Å². The Kier molecular flexibility index (Phi) is 9.69. The van der Waals surface area contributed by atoms with Crippen molar-refractivity contribution < 1.29 is 38.9 Å². The highest BCUT2D eigenvalue weighted by Crippen LogP contribution is 2.21. The molecule has 0 saturated carbocycles. The fourth-order valence-electron chi connectivity index (χ4n) is 1.80. The Hall–Kier alpha value is -2.20. The first kappa shape index (κ1) is 22.8. The van der Waals surface area contributed by atoms with Crippen LogP contribution in [0.3, 0.4) is 0 Å². The van der Waals surface area contributed by atoms with Gasteiger partial charge in [-0.1, -0.05) is 0 Å². The van der Waals surface area contributed by atoms with Gasteiger partial charge in [-0.25, -0.2) is 0 Å². The van der Waals surface area contributed by atoms with Crippen LogP contribution in [0.25, 0.3) is 0 Å². The normalized spacial score (nSPS) is 13.6. The van der Waals surface area contributed by atoms with E-state index in [0.717, 1.165) is 0 Å². The zero-order valence-electron chi connectivity index (χ0n) is 14.8. The highest BCUT2D eigenvalue weighted by Gasteiger charge is 2.49. The third kappa shape index (κ3) is 6.67. The summed E-state index contributed by atoms with van der Waals surface area (Å²) in [5.74, 6) is -4.20. The highest BCUT2D eigenvalue weighted by molar-refractivity contribution is 6.01. The lowest BCUT2D eigenvalue weighted by molar-refractivity contribution is -0.172. The SMILES string of the molecule is CCOC(=O)C(CNC(C)C(=O)O)(CNC(C)C(=O)O)C(=O)OCC. The highest BCUT2D eigenvalue weighted by atomic mass is 16.6.